The Bertz CT molecular complexity index is 575. The van der Waals surface area contributed by atoms with Gasteiger partial charge < -0.3 is 0 Å². The van der Waals surface area contributed by atoms with Crippen LogP contribution < -0.4 is 0 Å². The van der Waals surface area contributed by atoms with Gasteiger partial charge in [0.25, 0.3) is 0 Å². The summed E-state index contributed by atoms with van der Waals surface area (Å²) in [5.41, 5.74) is 2.13. The lowest BCUT2D eigenvalue weighted by Crippen LogP contribution is -2.18. The van der Waals surface area contributed by atoms with Crippen LogP contribution in [0.3, 0.4) is 0 Å². The number of hydrogen-bond donors (Lipinski definition) is 0. The van der Waals surface area contributed by atoms with Crippen LogP contribution in [0.15, 0.2) is 18.1 Å². The van der Waals surface area contributed by atoms with Gasteiger partial charge in [-0.25, -0.2) is 0 Å². The van der Waals surface area contributed by atoms with Crippen molar-refractivity contribution < 1.29 is 4.11 Å². The van der Waals surface area contributed by atoms with Crippen LogP contribution in [0.2, 0.25) is 0 Å². The van der Waals surface area contributed by atoms with E-state index in [1.807, 2.05) is 20.8 Å². The largest absolute Gasteiger partial charge is 0.0629 e. The Morgan fingerprint density at radius 3 is 2.06 bits per heavy atom. The van der Waals surface area contributed by atoms with Crippen molar-refractivity contribution in [3.8, 4) is 0 Å². The van der Waals surface area contributed by atoms with E-state index in [1.165, 1.54) is 0 Å². The van der Waals surface area contributed by atoms with Crippen molar-refractivity contribution in [2.75, 3.05) is 0 Å². The third kappa shape index (κ3) is 2.03. The molecule has 0 bridgehead atoms. The van der Waals surface area contributed by atoms with E-state index in [-0.39, 0.29) is 22.3 Å². The van der Waals surface area contributed by atoms with E-state index in [0.717, 1.165) is 17.5 Å². The maximum absolute atomic E-state index is 8.65. The first-order valence-corrected chi connectivity index (χ1v) is 6.46. The zero-order valence-corrected chi connectivity index (χ0v) is 12.2. The van der Waals surface area contributed by atoms with Crippen LogP contribution in [-0.4, -0.2) is 0 Å². The van der Waals surface area contributed by atoms with Crippen LogP contribution in [0, 0.1) is 0 Å². The van der Waals surface area contributed by atoms with Gasteiger partial charge in [-0.05, 0) is 39.4 Å². The summed E-state index contributed by atoms with van der Waals surface area (Å²) in [5, 5.41) is 0. The van der Waals surface area contributed by atoms with Crippen molar-refractivity contribution in [3.05, 3.63) is 34.8 Å². The van der Waals surface area contributed by atoms with Crippen LogP contribution in [-0.2, 0) is 16.2 Å². The van der Waals surface area contributed by atoms with Crippen LogP contribution >= 0.6 is 0 Å². The molecule has 0 heteroatoms. The van der Waals surface area contributed by atoms with Gasteiger partial charge in [-0.15, -0.1) is 0 Å². The van der Waals surface area contributed by atoms with Crippen molar-refractivity contribution in [2.24, 2.45) is 0 Å². The monoisotopic (exact) mass is 233 g/mol. The number of hydrogen-bond acceptors (Lipinski definition) is 0. The maximum Gasteiger partial charge on any atom is 0.0629 e. The fraction of sp³-hybridized carbons (Fsp3) is 0.647. The van der Waals surface area contributed by atoms with E-state index < -0.39 is 0 Å². The number of rotatable bonds is 0. The summed E-state index contributed by atoms with van der Waals surface area (Å²) in [4.78, 5) is 0. The molecule has 1 aromatic carbocycles. The minimum Gasteiger partial charge on any atom is -0.0582 e. The molecule has 0 nitrogen and oxygen atoms in total. The van der Waals surface area contributed by atoms with Crippen LogP contribution in [0.1, 0.15) is 75.7 Å². The predicted octanol–water partition coefficient (Wildman–Crippen LogP) is 4.94. The first-order chi connectivity index (χ1) is 8.81. The summed E-state index contributed by atoms with van der Waals surface area (Å²) in [5.74, 6) is 0. The Balaban J connectivity index is 2.96. The Morgan fingerprint density at radius 2 is 1.53 bits per heavy atom. The molecule has 1 aromatic rings. The highest BCUT2D eigenvalue weighted by molar-refractivity contribution is 5.47. The van der Waals surface area contributed by atoms with Crippen molar-refractivity contribution >= 4 is 0 Å². The van der Waals surface area contributed by atoms with E-state index in [9.17, 15) is 0 Å². The van der Waals surface area contributed by atoms with Gasteiger partial charge in [0.05, 0.1) is 4.11 Å². The van der Waals surface area contributed by atoms with Crippen LogP contribution in [0.25, 0.3) is 0 Å². The molecule has 0 unspecified atom stereocenters. The first-order valence-electron chi connectivity index (χ1n) is 7.96. The van der Waals surface area contributed by atoms with Gasteiger partial charge in [0.1, 0.15) is 0 Å². The molecule has 0 saturated carbocycles. The molecular formula is C17H26. The summed E-state index contributed by atoms with van der Waals surface area (Å²) in [6, 6.07) is 1.06. The Labute approximate surface area is 111 Å². The van der Waals surface area contributed by atoms with Gasteiger partial charge in [0, 0.05) is 0 Å². The smallest absolute Gasteiger partial charge is 0.0582 e. The van der Waals surface area contributed by atoms with E-state index in [2.05, 4.69) is 27.7 Å². The normalized spacial score (nSPS) is 23.8. The molecule has 0 N–H and O–H groups in total. The van der Waals surface area contributed by atoms with E-state index in [0.29, 0.717) is 17.6 Å². The average Bonchev–Trinajstić information content (AvgIpc) is 2.38. The molecular weight excluding hydrogens is 204 g/mol. The third-order valence-corrected chi connectivity index (χ3v) is 3.80. The minimum atomic E-state index is -0.276. The van der Waals surface area contributed by atoms with E-state index >= 15 is 0 Å². The molecule has 0 saturated heterocycles. The van der Waals surface area contributed by atoms with Crippen LogP contribution in [0.5, 0.6) is 0 Å². The van der Waals surface area contributed by atoms with Gasteiger partial charge >= 0.3 is 0 Å². The van der Waals surface area contributed by atoms with E-state index in [1.54, 1.807) is 0 Å². The molecule has 2 rings (SSSR count). The van der Waals surface area contributed by atoms with Gasteiger partial charge in [-0.2, -0.15) is 0 Å². The maximum atomic E-state index is 8.65. The minimum absolute atomic E-state index is 0.0978. The third-order valence-electron chi connectivity index (χ3n) is 3.80. The van der Waals surface area contributed by atoms with Crippen LogP contribution in [0.4, 0.5) is 0 Å². The molecule has 0 spiro atoms. The fourth-order valence-corrected chi connectivity index (χ4v) is 3.08. The first kappa shape index (κ1) is 9.19. The van der Waals surface area contributed by atoms with Gasteiger partial charge in [0.2, 0.25) is 0 Å². The predicted molar refractivity (Wildman–Crippen MR) is 75.8 cm³/mol. The molecule has 17 heavy (non-hydrogen) atoms. The highest BCUT2D eigenvalue weighted by atomic mass is 14.5. The van der Waals surface area contributed by atoms with Crippen molar-refractivity contribution in [1.82, 2.24) is 0 Å². The zero-order chi connectivity index (χ0) is 15.7. The number of benzene rings is 1. The lowest BCUT2D eigenvalue weighted by Gasteiger charge is -2.24. The Hall–Kier alpha value is -0.780. The Kier molecular flexibility index (Phi) is 1.82. The van der Waals surface area contributed by atoms with Crippen molar-refractivity contribution in [3.63, 3.8) is 0 Å². The lowest BCUT2D eigenvalue weighted by molar-refractivity contribution is 0.403. The second-order valence-electron chi connectivity index (χ2n) is 7.69. The molecule has 1 aliphatic carbocycles. The standard InChI is InChI=1S/C17H26/c1-15(2,3)12-8-9-13-14(10-12)17(6,7)11-16(13,4)5/h8-10H,11H2,1-7H3/i8D,9D,10D. The Morgan fingerprint density at radius 1 is 1.00 bits per heavy atom. The van der Waals surface area contributed by atoms with E-state index in [4.69, 9.17) is 4.11 Å². The molecule has 0 heterocycles. The summed E-state index contributed by atoms with van der Waals surface area (Å²) in [6.45, 7) is 14.7. The molecule has 0 fully saturated rings. The molecule has 1 aliphatic rings. The lowest BCUT2D eigenvalue weighted by atomic mass is 9.81. The highest BCUT2D eigenvalue weighted by Crippen LogP contribution is 2.49. The topological polar surface area (TPSA) is 0 Å². The average molecular weight is 233 g/mol. The second-order valence-corrected chi connectivity index (χ2v) is 7.69. The summed E-state index contributed by atoms with van der Waals surface area (Å²) in [7, 11) is 0. The molecule has 0 aliphatic heterocycles. The van der Waals surface area contributed by atoms with Gasteiger partial charge in [0.15, 0.2) is 0 Å². The van der Waals surface area contributed by atoms with Crippen molar-refractivity contribution in [2.45, 2.75) is 71.1 Å². The molecule has 0 amide bonds. The van der Waals surface area contributed by atoms with Gasteiger partial charge in [-0.1, -0.05) is 66.6 Å². The summed E-state index contributed by atoms with van der Waals surface area (Å²) < 4.78 is 25.5. The second kappa shape index (κ2) is 3.37. The summed E-state index contributed by atoms with van der Waals surface area (Å²) >= 11 is 0. The molecule has 0 aromatic heterocycles. The highest BCUT2D eigenvalue weighted by Gasteiger charge is 2.42. The zero-order valence-electron chi connectivity index (χ0n) is 15.2. The molecule has 0 atom stereocenters. The van der Waals surface area contributed by atoms with Gasteiger partial charge in [-0.3, -0.25) is 0 Å². The SMILES string of the molecule is [2H]c1c([2H])c2c(c([2H])c1C(C)(C)C)C(C)(C)CC2(C)C. The number of fused-ring (bicyclic) bond motifs is 1. The quantitative estimate of drug-likeness (QED) is 0.595. The summed E-state index contributed by atoms with van der Waals surface area (Å²) in [6.07, 6.45) is 0.931. The fourth-order valence-electron chi connectivity index (χ4n) is 3.08. The molecule has 0 radical (unpaired) electrons. The van der Waals surface area contributed by atoms with Crippen molar-refractivity contribution in [1.29, 1.82) is 0 Å². The molecule has 94 valence electrons.